The van der Waals surface area contributed by atoms with Crippen LogP contribution in [0.5, 0.6) is 0 Å². The molecule has 1 aliphatic heterocycles. The van der Waals surface area contributed by atoms with Crippen LogP contribution in [0.1, 0.15) is 28.4 Å². The first-order valence-electron chi connectivity index (χ1n) is 11.6. The molecule has 0 amide bonds. The highest BCUT2D eigenvalue weighted by molar-refractivity contribution is 5.92. The number of hydrogen-bond acceptors (Lipinski definition) is 8. The summed E-state index contributed by atoms with van der Waals surface area (Å²) in [6.07, 6.45) is 1.64. The van der Waals surface area contributed by atoms with E-state index in [1.54, 1.807) is 43.5 Å². The highest BCUT2D eigenvalue weighted by Crippen LogP contribution is 2.25. The highest BCUT2D eigenvalue weighted by atomic mass is 16.5. The number of nitrogens with two attached hydrogens (primary N) is 2. The van der Waals surface area contributed by atoms with Crippen molar-refractivity contribution in [3.05, 3.63) is 81.6 Å². The van der Waals surface area contributed by atoms with Crippen LogP contribution in [0.4, 0.5) is 5.82 Å². The molecule has 1 saturated heterocycles. The maximum Gasteiger partial charge on any atom is 0.338 e. The minimum atomic E-state index is -0.374. The van der Waals surface area contributed by atoms with Crippen LogP contribution in [0.3, 0.4) is 0 Å². The van der Waals surface area contributed by atoms with Gasteiger partial charge in [0.25, 0.3) is 0 Å². The van der Waals surface area contributed by atoms with Crippen LogP contribution in [0, 0.1) is 0 Å². The Bertz CT molecular complexity index is 1310. The van der Waals surface area contributed by atoms with Gasteiger partial charge in [-0.3, -0.25) is 4.79 Å². The molecule has 9 heteroatoms. The van der Waals surface area contributed by atoms with E-state index in [2.05, 4.69) is 4.90 Å². The zero-order chi connectivity index (χ0) is 24.9. The Hall–Kier alpha value is -3.82. The Balaban J connectivity index is 1.65. The number of nitrogens with zero attached hydrogens (tertiary/aromatic N) is 3. The molecule has 35 heavy (non-hydrogen) atoms. The molecule has 1 aliphatic rings. The van der Waals surface area contributed by atoms with Gasteiger partial charge in [-0.15, -0.1) is 0 Å². The van der Waals surface area contributed by atoms with Crippen LogP contribution in [0.2, 0.25) is 0 Å². The van der Waals surface area contributed by atoms with Crippen molar-refractivity contribution in [2.45, 2.75) is 13.5 Å². The molecule has 2 heterocycles. The van der Waals surface area contributed by atoms with Gasteiger partial charge >= 0.3 is 5.97 Å². The second-order valence-electron chi connectivity index (χ2n) is 8.40. The van der Waals surface area contributed by atoms with E-state index in [-0.39, 0.29) is 11.4 Å². The summed E-state index contributed by atoms with van der Waals surface area (Å²) >= 11 is 0. The van der Waals surface area contributed by atoms with Gasteiger partial charge in [-0.1, -0.05) is 24.3 Å². The zero-order valence-corrected chi connectivity index (χ0v) is 20.1. The Morgan fingerprint density at radius 1 is 1.17 bits per heavy atom. The van der Waals surface area contributed by atoms with Crippen LogP contribution >= 0.6 is 0 Å². The first-order valence-corrected chi connectivity index (χ1v) is 11.6. The summed E-state index contributed by atoms with van der Waals surface area (Å²) in [4.78, 5) is 27.1. The van der Waals surface area contributed by atoms with Gasteiger partial charge in [0.1, 0.15) is 5.82 Å². The molecule has 0 radical (unpaired) electrons. The van der Waals surface area contributed by atoms with Gasteiger partial charge in [-0.05, 0) is 30.7 Å². The number of hydrazine groups is 1. The third-order valence-electron chi connectivity index (χ3n) is 5.99. The monoisotopic (exact) mass is 477 g/mol. The van der Waals surface area contributed by atoms with E-state index in [4.69, 9.17) is 21.1 Å². The molecule has 0 saturated carbocycles. The fraction of sp³-hybridized carbons (Fsp3) is 0.308. The predicted octanol–water partition coefficient (Wildman–Crippen LogP) is 2.18. The van der Waals surface area contributed by atoms with Crippen LogP contribution < -0.4 is 21.9 Å². The van der Waals surface area contributed by atoms with Crippen LogP contribution in [-0.4, -0.2) is 48.5 Å². The fourth-order valence-corrected chi connectivity index (χ4v) is 4.35. The summed E-state index contributed by atoms with van der Waals surface area (Å²) in [6, 6.07) is 14.3. The number of anilines is 1. The number of carbonyl (C=O) groups excluding carboxylic acids is 1. The normalized spacial score (nSPS) is 14.3. The fourth-order valence-electron chi connectivity index (χ4n) is 4.35. The molecule has 0 atom stereocenters. The van der Waals surface area contributed by atoms with E-state index < -0.39 is 0 Å². The van der Waals surface area contributed by atoms with Crippen molar-refractivity contribution in [1.29, 1.82) is 0 Å². The minimum Gasteiger partial charge on any atom is -0.462 e. The molecule has 9 nitrogen and oxygen atoms in total. The van der Waals surface area contributed by atoms with Crippen molar-refractivity contribution < 1.29 is 14.3 Å². The number of morpholine rings is 1. The number of benzene rings is 2. The molecule has 3 aromatic rings. The van der Waals surface area contributed by atoms with Crippen molar-refractivity contribution in [3.63, 3.8) is 0 Å². The minimum absolute atomic E-state index is 0.0605. The lowest BCUT2D eigenvalue weighted by Crippen LogP contribution is -2.38. The summed E-state index contributed by atoms with van der Waals surface area (Å²) in [5.74, 6) is 6.71. The topological polar surface area (TPSA) is 116 Å². The Morgan fingerprint density at radius 3 is 2.66 bits per heavy atom. The van der Waals surface area contributed by atoms with Gasteiger partial charge < -0.3 is 29.7 Å². The molecule has 2 aromatic carbocycles. The molecule has 0 unspecified atom stereocenters. The maximum absolute atomic E-state index is 13.0. The molecular formula is C26H31N5O4. The van der Waals surface area contributed by atoms with E-state index in [0.29, 0.717) is 61.7 Å². The molecule has 4 rings (SSSR count). The van der Waals surface area contributed by atoms with Crippen molar-refractivity contribution >= 4 is 28.4 Å². The third kappa shape index (κ3) is 5.31. The van der Waals surface area contributed by atoms with Crippen molar-refractivity contribution in [2.75, 3.05) is 37.8 Å². The number of ether oxygens (including phenoxy) is 2. The number of aromatic nitrogens is 1. The maximum atomic E-state index is 13.0. The van der Waals surface area contributed by atoms with Crippen molar-refractivity contribution in [3.8, 4) is 0 Å². The predicted molar refractivity (Wildman–Crippen MR) is 137 cm³/mol. The summed E-state index contributed by atoms with van der Waals surface area (Å²) in [5.41, 5.74) is 9.62. The van der Waals surface area contributed by atoms with E-state index >= 15 is 0 Å². The standard InChI is InChI=1S/C26H31N5O4/c1-3-35-26(33)19-7-4-6-18(14-19)16-31(28)17-22(27)20-8-5-9-21-23(32)15-24(29(2)25(20)21)30-10-12-34-13-11-30/h4-9,14-15,17H,3,10-13,16,27-28H2,1-2H3/b22-17-. The van der Waals surface area contributed by atoms with Gasteiger partial charge in [-0.2, -0.15) is 0 Å². The average molecular weight is 478 g/mol. The summed E-state index contributed by atoms with van der Waals surface area (Å²) in [7, 11) is 1.93. The number of aryl methyl sites for hydroxylation is 1. The van der Waals surface area contributed by atoms with Gasteiger partial charge in [0.15, 0.2) is 5.43 Å². The summed E-state index contributed by atoms with van der Waals surface area (Å²) in [5, 5.41) is 2.05. The van der Waals surface area contributed by atoms with Gasteiger partial charge in [0, 0.05) is 43.4 Å². The number of rotatable bonds is 7. The second kappa shape index (κ2) is 10.6. The number of fused-ring (bicyclic) bond motifs is 1. The van der Waals surface area contributed by atoms with Crippen molar-refractivity contribution in [2.24, 2.45) is 18.6 Å². The molecule has 184 valence electrons. The van der Waals surface area contributed by atoms with Crippen molar-refractivity contribution in [1.82, 2.24) is 9.58 Å². The molecular weight excluding hydrogens is 446 g/mol. The number of carbonyl (C=O) groups is 1. The number of pyridine rings is 1. The van der Waals surface area contributed by atoms with E-state index in [0.717, 1.165) is 16.9 Å². The SMILES string of the molecule is CCOC(=O)c1cccc(CN(N)/C=C(\N)c2cccc3c(=O)cc(N4CCOCC4)n(C)c23)c1. The van der Waals surface area contributed by atoms with E-state index in [1.807, 2.05) is 29.8 Å². The Morgan fingerprint density at radius 2 is 1.91 bits per heavy atom. The van der Waals surface area contributed by atoms with Gasteiger partial charge in [0.05, 0.1) is 43.1 Å². The molecule has 0 bridgehead atoms. The Kier molecular flexibility index (Phi) is 7.38. The van der Waals surface area contributed by atoms with Crippen LogP contribution in [-0.2, 0) is 23.1 Å². The quantitative estimate of drug-likeness (QED) is 0.302. The summed E-state index contributed by atoms with van der Waals surface area (Å²) < 4.78 is 12.5. The molecule has 1 aromatic heterocycles. The van der Waals surface area contributed by atoms with E-state index in [9.17, 15) is 9.59 Å². The van der Waals surface area contributed by atoms with Crippen LogP contribution in [0.25, 0.3) is 16.6 Å². The molecule has 0 spiro atoms. The Labute approximate surface area is 204 Å². The van der Waals surface area contributed by atoms with Gasteiger partial charge in [-0.25, -0.2) is 10.6 Å². The lowest BCUT2D eigenvalue weighted by molar-refractivity contribution is 0.0526. The summed E-state index contributed by atoms with van der Waals surface area (Å²) in [6.45, 7) is 5.08. The smallest absolute Gasteiger partial charge is 0.338 e. The zero-order valence-electron chi connectivity index (χ0n) is 20.1. The molecule has 0 aliphatic carbocycles. The molecule has 1 fully saturated rings. The second-order valence-corrected chi connectivity index (χ2v) is 8.40. The first-order chi connectivity index (χ1) is 16.9. The molecule has 4 N–H and O–H groups in total. The lowest BCUT2D eigenvalue weighted by atomic mass is 10.1. The lowest BCUT2D eigenvalue weighted by Gasteiger charge is -2.31. The highest BCUT2D eigenvalue weighted by Gasteiger charge is 2.18. The van der Waals surface area contributed by atoms with Crippen LogP contribution in [0.15, 0.2) is 59.5 Å². The number of hydrogen-bond donors (Lipinski definition) is 2. The third-order valence-corrected chi connectivity index (χ3v) is 5.99. The van der Waals surface area contributed by atoms with E-state index in [1.165, 1.54) is 5.01 Å². The average Bonchev–Trinajstić information content (AvgIpc) is 2.86. The number of esters is 1. The first kappa shape index (κ1) is 24.3. The largest absolute Gasteiger partial charge is 0.462 e. The number of para-hydroxylation sites is 1. The van der Waals surface area contributed by atoms with Gasteiger partial charge in [0.2, 0.25) is 0 Å².